The Morgan fingerprint density at radius 1 is 1.35 bits per heavy atom. The summed E-state index contributed by atoms with van der Waals surface area (Å²) in [5.74, 6) is -0.113. The fraction of sp³-hybridized carbons (Fsp3) is 0.0714. The molecule has 0 aliphatic carbocycles. The summed E-state index contributed by atoms with van der Waals surface area (Å²) in [7, 11) is 0. The van der Waals surface area contributed by atoms with Gasteiger partial charge in [0.05, 0.1) is 0 Å². The molecule has 0 aliphatic heterocycles. The average Bonchev–Trinajstić information content (AvgIpc) is 3.18. The molecule has 2 N–H and O–H groups in total. The molecule has 1 aromatic carbocycles. The number of anilines is 1. The normalized spacial score (nSPS) is 10.7. The van der Waals surface area contributed by atoms with Gasteiger partial charge in [0.2, 0.25) is 0 Å². The van der Waals surface area contributed by atoms with E-state index < -0.39 is 12.5 Å². The molecule has 0 bridgehead atoms. The number of nitrogens with one attached hydrogen (secondary N) is 2. The predicted molar refractivity (Wildman–Crippen MR) is 80.7 cm³/mol. The van der Waals surface area contributed by atoms with Gasteiger partial charge in [-0.25, -0.2) is 4.98 Å². The summed E-state index contributed by atoms with van der Waals surface area (Å²) in [5, 5.41) is 10.6. The monoisotopic (exact) mass is 336 g/mol. The molecule has 2 aromatic heterocycles. The number of nitrogens with zero attached hydrogens (tertiary/aromatic N) is 2. The first-order valence-corrected chi connectivity index (χ1v) is 7.31. The number of carbonyl (C=O) groups is 1. The van der Waals surface area contributed by atoms with E-state index in [1.54, 1.807) is 24.3 Å². The number of aromatic amines is 1. The summed E-state index contributed by atoms with van der Waals surface area (Å²) in [6, 6.07) is 8.24. The highest BCUT2D eigenvalue weighted by atomic mass is 32.1. The Hall–Kier alpha value is -2.81. The average molecular weight is 336 g/mol. The molecule has 6 nitrogen and oxygen atoms in total. The number of ether oxygens (including phenoxy) is 1. The quantitative estimate of drug-likeness (QED) is 0.748. The van der Waals surface area contributed by atoms with Crippen LogP contribution in [0.15, 0.2) is 42.0 Å². The zero-order valence-corrected chi connectivity index (χ0v) is 12.3. The number of hydrogen-bond acceptors (Lipinski definition) is 5. The van der Waals surface area contributed by atoms with Crippen LogP contribution in [0.5, 0.6) is 5.75 Å². The third-order valence-corrected chi connectivity index (χ3v) is 3.75. The number of benzene rings is 1. The molecular formula is C14H10F2N4O2S. The maximum absolute atomic E-state index is 12.3. The zero-order chi connectivity index (χ0) is 16.2. The molecule has 0 atom stereocenters. The van der Waals surface area contributed by atoms with Crippen molar-refractivity contribution in [3.63, 3.8) is 0 Å². The lowest BCUT2D eigenvalue weighted by Gasteiger charge is -2.08. The Morgan fingerprint density at radius 3 is 2.96 bits per heavy atom. The van der Waals surface area contributed by atoms with Gasteiger partial charge >= 0.3 is 6.61 Å². The molecule has 0 radical (unpaired) electrons. The topological polar surface area (TPSA) is 79.9 Å². The highest BCUT2D eigenvalue weighted by Gasteiger charge is 2.17. The lowest BCUT2D eigenvalue weighted by molar-refractivity contribution is -0.0498. The van der Waals surface area contributed by atoms with Crippen molar-refractivity contribution in [2.75, 3.05) is 5.32 Å². The van der Waals surface area contributed by atoms with Gasteiger partial charge in [-0.3, -0.25) is 9.89 Å². The van der Waals surface area contributed by atoms with Crippen LogP contribution in [0.3, 0.4) is 0 Å². The van der Waals surface area contributed by atoms with E-state index in [2.05, 4.69) is 25.2 Å². The van der Waals surface area contributed by atoms with Crippen molar-refractivity contribution in [2.24, 2.45) is 0 Å². The van der Waals surface area contributed by atoms with Crippen molar-refractivity contribution < 1.29 is 18.3 Å². The van der Waals surface area contributed by atoms with E-state index >= 15 is 0 Å². The molecule has 3 rings (SSSR count). The second kappa shape index (κ2) is 6.53. The van der Waals surface area contributed by atoms with Gasteiger partial charge in [-0.15, -0.1) is 11.3 Å². The number of thiophene rings is 1. The molecule has 0 saturated carbocycles. The van der Waals surface area contributed by atoms with E-state index in [1.165, 1.54) is 17.8 Å². The molecule has 0 saturated heterocycles. The first-order valence-electron chi connectivity index (χ1n) is 6.43. The first kappa shape index (κ1) is 15.1. The fourth-order valence-corrected chi connectivity index (χ4v) is 2.65. The lowest BCUT2D eigenvalue weighted by atomic mass is 10.2. The number of H-pyrrole nitrogens is 1. The van der Waals surface area contributed by atoms with Crippen molar-refractivity contribution >= 4 is 22.9 Å². The van der Waals surface area contributed by atoms with Crippen LogP contribution in [0.4, 0.5) is 14.5 Å². The standard InChI is InChI=1S/C14H10F2N4O2S/c15-14(16)22-10-4-5-23-11(10)13(21)19-9-3-1-2-8(6-9)12-17-7-18-20-12/h1-7,14H,(H,19,21)(H,17,18,20). The van der Waals surface area contributed by atoms with Gasteiger partial charge in [0.15, 0.2) is 5.82 Å². The van der Waals surface area contributed by atoms with E-state index in [-0.39, 0.29) is 10.6 Å². The van der Waals surface area contributed by atoms with Gasteiger partial charge in [-0.2, -0.15) is 13.9 Å². The Balaban J connectivity index is 1.78. The van der Waals surface area contributed by atoms with Crippen LogP contribution >= 0.6 is 11.3 Å². The smallest absolute Gasteiger partial charge is 0.387 e. The number of halogens is 2. The summed E-state index contributed by atoms with van der Waals surface area (Å²) < 4.78 is 28.9. The molecule has 9 heteroatoms. The molecule has 118 valence electrons. The minimum Gasteiger partial charge on any atom is -0.433 e. The number of amides is 1. The van der Waals surface area contributed by atoms with Crippen LogP contribution in [-0.2, 0) is 0 Å². The van der Waals surface area contributed by atoms with Gasteiger partial charge in [-0.1, -0.05) is 12.1 Å². The van der Waals surface area contributed by atoms with Crippen LogP contribution < -0.4 is 10.1 Å². The highest BCUT2D eigenvalue weighted by Crippen LogP contribution is 2.28. The van der Waals surface area contributed by atoms with Gasteiger partial charge in [0, 0.05) is 11.3 Å². The van der Waals surface area contributed by atoms with Crippen LogP contribution in [0, 0.1) is 0 Å². The number of carbonyl (C=O) groups excluding carboxylic acids is 1. The van der Waals surface area contributed by atoms with Crippen molar-refractivity contribution in [1.82, 2.24) is 15.2 Å². The fourth-order valence-electron chi connectivity index (χ4n) is 1.93. The van der Waals surface area contributed by atoms with Gasteiger partial charge in [0.1, 0.15) is 17.0 Å². The van der Waals surface area contributed by atoms with E-state index in [0.29, 0.717) is 11.5 Å². The third-order valence-electron chi connectivity index (χ3n) is 2.86. The number of hydrogen-bond donors (Lipinski definition) is 2. The van der Waals surface area contributed by atoms with E-state index in [4.69, 9.17) is 0 Å². The summed E-state index contributed by atoms with van der Waals surface area (Å²) in [4.78, 5) is 16.3. The molecule has 0 aliphatic rings. The molecule has 3 aromatic rings. The van der Waals surface area contributed by atoms with Gasteiger partial charge in [0.25, 0.3) is 5.91 Å². The van der Waals surface area contributed by atoms with Crippen molar-refractivity contribution in [3.8, 4) is 17.1 Å². The van der Waals surface area contributed by atoms with Crippen LogP contribution in [0.2, 0.25) is 0 Å². The Kier molecular flexibility index (Phi) is 4.29. The zero-order valence-electron chi connectivity index (χ0n) is 11.5. The molecule has 23 heavy (non-hydrogen) atoms. The van der Waals surface area contributed by atoms with E-state index in [1.807, 2.05) is 0 Å². The Morgan fingerprint density at radius 2 is 2.22 bits per heavy atom. The molecular weight excluding hydrogens is 326 g/mol. The molecule has 0 unspecified atom stereocenters. The largest absolute Gasteiger partial charge is 0.433 e. The van der Waals surface area contributed by atoms with Crippen LogP contribution in [0.25, 0.3) is 11.4 Å². The van der Waals surface area contributed by atoms with Crippen molar-refractivity contribution in [1.29, 1.82) is 0 Å². The first-order chi connectivity index (χ1) is 11.1. The predicted octanol–water partition coefficient (Wildman–Crippen LogP) is 3.39. The maximum atomic E-state index is 12.3. The maximum Gasteiger partial charge on any atom is 0.387 e. The van der Waals surface area contributed by atoms with Gasteiger partial charge in [-0.05, 0) is 23.6 Å². The Bertz CT molecular complexity index is 805. The summed E-state index contributed by atoms with van der Waals surface area (Å²) >= 11 is 1.02. The molecule has 0 fully saturated rings. The number of alkyl halides is 2. The van der Waals surface area contributed by atoms with E-state index in [9.17, 15) is 13.6 Å². The minimum atomic E-state index is -2.98. The lowest BCUT2D eigenvalue weighted by Crippen LogP contribution is -2.13. The second-order valence-electron chi connectivity index (χ2n) is 4.36. The van der Waals surface area contributed by atoms with Crippen LogP contribution in [0.1, 0.15) is 9.67 Å². The second-order valence-corrected chi connectivity index (χ2v) is 5.28. The number of aromatic nitrogens is 3. The SMILES string of the molecule is O=C(Nc1cccc(-c2ncn[nH]2)c1)c1sccc1OC(F)F. The van der Waals surface area contributed by atoms with Crippen LogP contribution in [-0.4, -0.2) is 27.7 Å². The summed E-state index contributed by atoms with van der Waals surface area (Å²) in [6.45, 7) is -2.98. The minimum absolute atomic E-state index is 0.0790. The Labute approximate surface area is 133 Å². The third kappa shape index (κ3) is 3.51. The number of rotatable bonds is 5. The summed E-state index contributed by atoms with van der Waals surface area (Å²) in [6.07, 6.45) is 1.38. The van der Waals surface area contributed by atoms with Crippen molar-refractivity contribution in [2.45, 2.75) is 6.61 Å². The molecule has 0 spiro atoms. The molecule has 1 amide bonds. The summed E-state index contributed by atoms with van der Waals surface area (Å²) in [5.41, 5.74) is 1.23. The van der Waals surface area contributed by atoms with Gasteiger partial charge < -0.3 is 10.1 Å². The molecule has 2 heterocycles. The van der Waals surface area contributed by atoms with E-state index in [0.717, 1.165) is 16.9 Å². The van der Waals surface area contributed by atoms with Crippen molar-refractivity contribution in [3.05, 3.63) is 46.9 Å². The highest BCUT2D eigenvalue weighted by molar-refractivity contribution is 7.12.